The third-order valence-electron chi connectivity index (χ3n) is 0.379. The predicted molar refractivity (Wildman–Crippen MR) is 36.8 cm³/mol. The van der Waals surface area contributed by atoms with Crippen molar-refractivity contribution in [2.75, 3.05) is 6.26 Å². The minimum absolute atomic E-state index is 0.856. The molecule has 0 bridgehead atoms. The molecular weight excluding hydrogens is 106 g/mol. The van der Waals surface area contributed by atoms with Crippen molar-refractivity contribution in [1.82, 2.24) is 0 Å². The van der Waals surface area contributed by atoms with Gasteiger partial charge in [0, 0.05) is 5.70 Å². The zero-order chi connectivity index (χ0) is 5.70. The summed E-state index contributed by atoms with van der Waals surface area (Å²) in [7, 11) is 0. The zero-order valence-electron chi connectivity index (χ0n) is 4.64. The third kappa shape index (κ3) is 5.76. The molecule has 0 unspecified atom stereocenters. The SMILES string of the molecule is C=C(C)/N=C\SC. The lowest BCUT2D eigenvalue weighted by Crippen LogP contribution is -1.62. The van der Waals surface area contributed by atoms with Crippen LogP contribution >= 0.6 is 11.8 Å². The van der Waals surface area contributed by atoms with Crippen LogP contribution in [0.3, 0.4) is 0 Å². The standard InChI is InChI=1S/C5H9NS/c1-5(2)6-4-7-3/h4H,1H2,2-3H3/b6-4-. The van der Waals surface area contributed by atoms with Gasteiger partial charge in [0.15, 0.2) is 0 Å². The van der Waals surface area contributed by atoms with Crippen LogP contribution in [0, 0.1) is 0 Å². The number of nitrogens with zero attached hydrogens (tertiary/aromatic N) is 1. The molecule has 0 aromatic carbocycles. The van der Waals surface area contributed by atoms with Crippen LogP contribution in [0.5, 0.6) is 0 Å². The van der Waals surface area contributed by atoms with Crippen LogP contribution in [-0.4, -0.2) is 11.8 Å². The molecule has 0 spiro atoms. The average molecular weight is 115 g/mol. The summed E-state index contributed by atoms with van der Waals surface area (Å²) >= 11 is 1.58. The summed E-state index contributed by atoms with van der Waals surface area (Å²) in [5.74, 6) is 0. The Morgan fingerprint density at radius 2 is 2.43 bits per heavy atom. The fraction of sp³-hybridized carbons (Fsp3) is 0.400. The normalized spacial score (nSPS) is 10.0. The van der Waals surface area contributed by atoms with Gasteiger partial charge in [0.2, 0.25) is 0 Å². The van der Waals surface area contributed by atoms with Gasteiger partial charge in [0.1, 0.15) is 0 Å². The molecule has 0 aromatic heterocycles. The van der Waals surface area contributed by atoms with Crippen molar-refractivity contribution in [3.8, 4) is 0 Å². The highest BCUT2D eigenvalue weighted by atomic mass is 32.2. The molecule has 0 rings (SSSR count). The van der Waals surface area contributed by atoms with E-state index in [1.165, 1.54) is 0 Å². The monoisotopic (exact) mass is 115 g/mol. The van der Waals surface area contributed by atoms with Crippen LogP contribution in [0.25, 0.3) is 0 Å². The predicted octanol–water partition coefficient (Wildman–Crippen LogP) is 1.91. The largest absolute Gasteiger partial charge is 0.255 e. The highest BCUT2D eigenvalue weighted by Crippen LogP contribution is 1.90. The first kappa shape index (κ1) is 6.76. The van der Waals surface area contributed by atoms with Crippen LogP contribution < -0.4 is 0 Å². The van der Waals surface area contributed by atoms with E-state index in [0.717, 1.165) is 5.70 Å². The smallest absolute Gasteiger partial charge is 0.0596 e. The lowest BCUT2D eigenvalue weighted by Gasteiger charge is -1.80. The molecule has 0 amide bonds. The number of hydrogen-bond acceptors (Lipinski definition) is 2. The highest BCUT2D eigenvalue weighted by molar-refractivity contribution is 8.11. The molecule has 0 aliphatic rings. The number of hydrogen-bond donors (Lipinski definition) is 0. The van der Waals surface area contributed by atoms with Gasteiger partial charge in [-0.3, -0.25) is 4.99 Å². The molecule has 0 heterocycles. The van der Waals surface area contributed by atoms with E-state index in [2.05, 4.69) is 11.6 Å². The molecule has 0 aliphatic heterocycles. The van der Waals surface area contributed by atoms with Crippen molar-refractivity contribution in [2.24, 2.45) is 4.99 Å². The summed E-state index contributed by atoms with van der Waals surface area (Å²) in [6.45, 7) is 5.45. The maximum Gasteiger partial charge on any atom is 0.0596 e. The van der Waals surface area contributed by atoms with Gasteiger partial charge < -0.3 is 0 Å². The first-order valence-corrected chi connectivity index (χ1v) is 3.27. The van der Waals surface area contributed by atoms with Crippen LogP contribution in [-0.2, 0) is 0 Å². The fourth-order valence-corrected chi connectivity index (χ4v) is 0.428. The molecular formula is C5H9NS. The maximum atomic E-state index is 3.89. The Morgan fingerprint density at radius 3 is 2.57 bits per heavy atom. The molecule has 7 heavy (non-hydrogen) atoms. The Labute approximate surface area is 48.5 Å². The number of aliphatic imine (C=N–C) groups is 1. The Kier molecular flexibility index (Phi) is 3.80. The second-order valence-electron chi connectivity index (χ2n) is 1.21. The highest BCUT2D eigenvalue weighted by Gasteiger charge is 1.68. The lowest BCUT2D eigenvalue weighted by atomic mass is 10.6. The summed E-state index contributed by atoms with van der Waals surface area (Å²) < 4.78 is 0. The maximum absolute atomic E-state index is 3.89. The van der Waals surface area contributed by atoms with E-state index < -0.39 is 0 Å². The average Bonchev–Trinajstić information content (AvgIpc) is 1.61. The van der Waals surface area contributed by atoms with Gasteiger partial charge >= 0.3 is 0 Å². The van der Waals surface area contributed by atoms with Crippen molar-refractivity contribution in [2.45, 2.75) is 6.92 Å². The van der Waals surface area contributed by atoms with E-state index >= 15 is 0 Å². The van der Waals surface area contributed by atoms with Crippen molar-refractivity contribution in [1.29, 1.82) is 0 Å². The zero-order valence-corrected chi connectivity index (χ0v) is 5.46. The summed E-state index contributed by atoms with van der Waals surface area (Å²) in [6.07, 6.45) is 1.96. The molecule has 0 aromatic rings. The van der Waals surface area contributed by atoms with Crippen LogP contribution in [0.15, 0.2) is 17.3 Å². The summed E-state index contributed by atoms with van der Waals surface area (Å²) in [6, 6.07) is 0. The molecule has 0 atom stereocenters. The first-order chi connectivity index (χ1) is 3.27. The summed E-state index contributed by atoms with van der Waals surface area (Å²) in [5.41, 5.74) is 2.62. The number of rotatable bonds is 2. The van der Waals surface area contributed by atoms with E-state index in [0.29, 0.717) is 0 Å². The minimum atomic E-state index is 0.856. The topological polar surface area (TPSA) is 12.4 Å². The third-order valence-corrected chi connectivity index (χ3v) is 0.695. The van der Waals surface area contributed by atoms with Gasteiger partial charge in [0.05, 0.1) is 5.55 Å². The Morgan fingerprint density at radius 1 is 1.86 bits per heavy atom. The van der Waals surface area contributed by atoms with Crippen LogP contribution in [0.1, 0.15) is 6.92 Å². The quantitative estimate of drug-likeness (QED) is 0.395. The van der Waals surface area contributed by atoms with Gasteiger partial charge in [-0.05, 0) is 13.2 Å². The molecule has 2 heteroatoms. The van der Waals surface area contributed by atoms with Gasteiger partial charge in [0.25, 0.3) is 0 Å². The van der Waals surface area contributed by atoms with E-state index in [-0.39, 0.29) is 0 Å². The Hall–Kier alpha value is -0.240. The van der Waals surface area contributed by atoms with E-state index in [4.69, 9.17) is 0 Å². The van der Waals surface area contributed by atoms with E-state index in [1.807, 2.05) is 13.2 Å². The van der Waals surface area contributed by atoms with E-state index in [1.54, 1.807) is 17.3 Å². The molecule has 0 saturated heterocycles. The number of allylic oxidation sites excluding steroid dienone is 1. The number of thioether (sulfide) groups is 1. The molecule has 40 valence electrons. The molecule has 0 fully saturated rings. The summed E-state index contributed by atoms with van der Waals surface area (Å²) in [4.78, 5) is 3.89. The second kappa shape index (κ2) is 3.93. The van der Waals surface area contributed by atoms with E-state index in [9.17, 15) is 0 Å². The van der Waals surface area contributed by atoms with Gasteiger partial charge in [-0.25, -0.2) is 0 Å². The van der Waals surface area contributed by atoms with Crippen molar-refractivity contribution in [3.63, 3.8) is 0 Å². The molecule has 0 radical (unpaired) electrons. The summed E-state index contributed by atoms with van der Waals surface area (Å²) in [5, 5.41) is 0. The van der Waals surface area contributed by atoms with Gasteiger partial charge in [-0.1, -0.05) is 6.58 Å². The lowest BCUT2D eigenvalue weighted by molar-refractivity contribution is 1.35. The Bertz CT molecular complexity index is 86.1. The molecule has 1 nitrogen and oxygen atoms in total. The molecule has 0 aliphatic carbocycles. The van der Waals surface area contributed by atoms with Gasteiger partial charge in [-0.2, -0.15) is 0 Å². The van der Waals surface area contributed by atoms with Crippen LogP contribution in [0.4, 0.5) is 0 Å². The molecule has 0 saturated carbocycles. The first-order valence-electron chi connectivity index (χ1n) is 1.98. The van der Waals surface area contributed by atoms with Crippen molar-refractivity contribution < 1.29 is 0 Å². The Balaban J connectivity index is 3.26. The fourth-order valence-electron chi connectivity index (χ4n) is 0.143. The van der Waals surface area contributed by atoms with Crippen molar-refractivity contribution in [3.05, 3.63) is 12.3 Å². The minimum Gasteiger partial charge on any atom is -0.255 e. The van der Waals surface area contributed by atoms with Crippen molar-refractivity contribution >= 4 is 17.3 Å². The van der Waals surface area contributed by atoms with Gasteiger partial charge in [-0.15, -0.1) is 11.8 Å². The molecule has 0 N–H and O–H groups in total. The van der Waals surface area contributed by atoms with Crippen LogP contribution in [0.2, 0.25) is 0 Å². The second-order valence-corrected chi connectivity index (χ2v) is 1.89.